The first-order valence-electron chi connectivity index (χ1n) is 5.32. The van der Waals surface area contributed by atoms with Gasteiger partial charge in [-0.05, 0) is 25.8 Å². The van der Waals surface area contributed by atoms with E-state index in [0.29, 0.717) is 12.5 Å². The molecule has 2 atom stereocenters. The summed E-state index contributed by atoms with van der Waals surface area (Å²) in [4.78, 5) is 22.6. The lowest BCUT2D eigenvalue weighted by Crippen LogP contribution is -2.45. The van der Waals surface area contributed by atoms with Crippen molar-refractivity contribution >= 4 is 11.9 Å². The normalized spacial score (nSPS) is 24.9. The highest BCUT2D eigenvalue weighted by molar-refractivity contribution is 5.86. The molecule has 0 spiro atoms. The van der Waals surface area contributed by atoms with Gasteiger partial charge < -0.3 is 15.4 Å². The fraction of sp³-hybridized carbons (Fsp3) is 0.800. The van der Waals surface area contributed by atoms with Crippen molar-refractivity contribution in [2.75, 3.05) is 19.7 Å². The Hall–Kier alpha value is -1.10. The van der Waals surface area contributed by atoms with E-state index in [2.05, 4.69) is 10.6 Å². The molecule has 1 saturated heterocycles. The molecule has 0 saturated carbocycles. The van der Waals surface area contributed by atoms with E-state index < -0.39 is 5.97 Å². The molecule has 1 aliphatic heterocycles. The van der Waals surface area contributed by atoms with Crippen molar-refractivity contribution in [3.05, 3.63) is 0 Å². The van der Waals surface area contributed by atoms with Gasteiger partial charge in [-0.2, -0.15) is 0 Å². The Morgan fingerprint density at radius 1 is 1.53 bits per heavy atom. The van der Waals surface area contributed by atoms with Gasteiger partial charge in [-0.15, -0.1) is 0 Å². The number of hydrogen-bond acceptors (Lipinski definition) is 4. The molecule has 1 aliphatic rings. The minimum Gasteiger partial charge on any atom is -0.465 e. The van der Waals surface area contributed by atoms with Gasteiger partial charge in [-0.3, -0.25) is 9.59 Å². The molecule has 0 bridgehead atoms. The van der Waals surface area contributed by atoms with Gasteiger partial charge in [0.2, 0.25) is 5.91 Å². The summed E-state index contributed by atoms with van der Waals surface area (Å²) < 4.78 is 4.71. The van der Waals surface area contributed by atoms with E-state index in [4.69, 9.17) is 4.74 Å². The minimum atomic E-state index is -0.392. The lowest BCUT2D eigenvalue weighted by atomic mass is 10.0. The van der Waals surface area contributed by atoms with Gasteiger partial charge in [-0.1, -0.05) is 6.92 Å². The number of amides is 1. The van der Waals surface area contributed by atoms with Crippen molar-refractivity contribution < 1.29 is 14.3 Å². The molecule has 5 nitrogen and oxygen atoms in total. The molecule has 15 heavy (non-hydrogen) atoms. The predicted molar refractivity (Wildman–Crippen MR) is 55.2 cm³/mol. The summed E-state index contributed by atoms with van der Waals surface area (Å²) in [7, 11) is 0. The topological polar surface area (TPSA) is 67.4 Å². The molecule has 0 aromatic heterocycles. The number of esters is 1. The van der Waals surface area contributed by atoms with Gasteiger partial charge in [0, 0.05) is 0 Å². The second-order valence-electron chi connectivity index (χ2n) is 3.72. The van der Waals surface area contributed by atoms with E-state index in [1.54, 1.807) is 6.92 Å². The molecule has 2 N–H and O–H groups in total. The third-order valence-electron chi connectivity index (χ3n) is 2.53. The Morgan fingerprint density at radius 2 is 2.27 bits per heavy atom. The lowest BCUT2D eigenvalue weighted by molar-refractivity contribution is -0.143. The van der Waals surface area contributed by atoms with Crippen LogP contribution in [0.5, 0.6) is 0 Å². The van der Waals surface area contributed by atoms with E-state index >= 15 is 0 Å². The zero-order chi connectivity index (χ0) is 11.3. The molecule has 0 radical (unpaired) electrons. The maximum atomic E-state index is 11.6. The molecular weight excluding hydrogens is 196 g/mol. The number of carbonyl (C=O) groups is 2. The summed E-state index contributed by atoms with van der Waals surface area (Å²) in [6, 6.07) is -0.167. The van der Waals surface area contributed by atoms with Crippen molar-refractivity contribution in [2.24, 2.45) is 5.92 Å². The summed E-state index contributed by atoms with van der Waals surface area (Å²) in [6.07, 6.45) is 0.998. The van der Waals surface area contributed by atoms with Crippen LogP contribution in [0.3, 0.4) is 0 Å². The molecule has 0 aliphatic carbocycles. The Labute approximate surface area is 89.6 Å². The van der Waals surface area contributed by atoms with Crippen LogP contribution in [-0.4, -0.2) is 37.6 Å². The maximum absolute atomic E-state index is 11.6. The highest BCUT2D eigenvalue weighted by Gasteiger charge is 2.29. The fourth-order valence-electron chi connectivity index (χ4n) is 1.67. The Bertz CT molecular complexity index is 243. The zero-order valence-electron chi connectivity index (χ0n) is 9.21. The van der Waals surface area contributed by atoms with Crippen molar-refractivity contribution in [1.29, 1.82) is 0 Å². The highest BCUT2D eigenvalue weighted by Crippen LogP contribution is 2.13. The van der Waals surface area contributed by atoms with Gasteiger partial charge >= 0.3 is 5.97 Å². The molecule has 1 fully saturated rings. The third kappa shape index (κ3) is 3.51. The van der Waals surface area contributed by atoms with Gasteiger partial charge in [0.05, 0.1) is 12.6 Å². The average Bonchev–Trinajstić information content (AvgIpc) is 2.61. The van der Waals surface area contributed by atoms with Crippen molar-refractivity contribution in [2.45, 2.75) is 26.3 Å². The molecule has 1 heterocycles. The van der Waals surface area contributed by atoms with Crippen LogP contribution in [-0.2, 0) is 14.3 Å². The first kappa shape index (κ1) is 12.0. The number of nitrogens with one attached hydrogen (secondary N) is 2. The number of rotatable bonds is 4. The molecule has 5 heteroatoms. The third-order valence-corrected chi connectivity index (χ3v) is 2.53. The molecule has 2 unspecified atom stereocenters. The highest BCUT2D eigenvalue weighted by atomic mass is 16.5. The zero-order valence-corrected chi connectivity index (χ0v) is 9.21. The summed E-state index contributed by atoms with van der Waals surface area (Å²) in [5.74, 6) is -0.184. The molecular formula is C10H18N2O3. The number of carbonyl (C=O) groups excluding carboxylic acids is 2. The summed E-state index contributed by atoms with van der Waals surface area (Å²) in [6.45, 7) is 4.91. The monoisotopic (exact) mass is 214 g/mol. The van der Waals surface area contributed by atoms with Crippen LogP contribution in [0.25, 0.3) is 0 Å². The van der Waals surface area contributed by atoms with Crippen molar-refractivity contribution in [3.8, 4) is 0 Å². The Balaban J connectivity index is 2.26. The Morgan fingerprint density at radius 3 is 2.80 bits per heavy atom. The maximum Gasteiger partial charge on any atom is 0.325 e. The van der Waals surface area contributed by atoms with Gasteiger partial charge in [0.25, 0.3) is 0 Å². The summed E-state index contributed by atoms with van der Waals surface area (Å²) in [5.41, 5.74) is 0. The van der Waals surface area contributed by atoms with Crippen LogP contribution >= 0.6 is 0 Å². The standard InChI is InChI=1S/C10H18N2O3/c1-3-15-8(13)6-12-10(14)9-7(2)4-5-11-9/h7,9,11H,3-6H2,1-2H3,(H,12,14). The lowest BCUT2D eigenvalue weighted by Gasteiger charge is -2.14. The molecule has 0 aromatic rings. The second kappa shape index (κ2) is 5.70. The van der Waals surface area contributed by atoms with Gasteiger partial charge in [0.15, 0.2) is 0 Å². The van der Waals surface area contributed by atoms with E-state index in [-0.39, 0.29) is 18.5 Å². The van der Waals surface area contributed by atoms with Crippen molar-refractivity contribution in [3.63, 3.8) is 0 Å². The summed E-state index contributed by atoms with van der Waals surface area (Å²) >= 11 is 0. The van der Waals surface area contributed by atoms with Gasteiger partial charge in [-0.25, -0.2) is 0 Å². The summed E-state index contributed by atoms with van der Waals surface area (Å²) in [5, 5.41) is 5.66. The van der Waals surface area contributed by atoms with E-state index in [0.717, 1.165) is 13.0 Å². The van der Waals surface area contributed by atoms with E-state index in [1.165, 1.54) is 0 Å². The van der Waals surface area contributed by atoms with Crippen LogP contribution in [0.2, 0.25) is 0 Å². The first-order valence-corrected chi connectivity index (χ1v) is 5.32. The number of ether oxygens (including phenoxy) is 1. The van der Waals surface area contributed by atoms with Crippen LogP contribution in [0.15, 0.2) is 0 Å². The van der Waals surface area contributed by atoms with Gasteiger partial charge in [0.1, 0.15) is 6.54 Å². The molecule has 0 aromatic carbocycles. The number of hydrogen-bond donors (Lipinski definition) is 2. The first-order chi connectivity index (χ1) is 7.15. The molecule has 86 valence electrons. The van der Waals surface area contributed by atoms with E-state index in [1.807, 2.05) is 6.92 Å². The largest absolute Gasteiger partial charge is 0.465 e. The second-order valence-corrected chi connectivity index (χ2v) is 3.72. The SMILES string of the molecule is CCOC(=O)CNC(=O)C1NCCC1C. The minimum absolute atomic E-state index is 0.0441. The molecule has 1 rings (SSSR count). The smallest absolute Gasteiger partial charge is 0.325 e. The van der Waals surface area contributed by atoms with Crippen LogP contribution < -0.4 is 10.6 Å². The van der Waals surface area contributed by atoms with Crippen LogP contribution in [0.4, 0.5) is 0 Å². The molecule has 1 amide bonds. The van der Waals surface area contributed by atoms with Crippen LogP contribution in [0.1, 0.15) is 20.3 Å². The Kier molecular flexibility index (Phi) is 4.55. The average molecular weight is 214 g/mol. The quantitative estimate of drug-likeness (QED) is 0.628. The predicted octanol–water partition coefficient (Wildman–Crippen LogP) is -0.336. The van der Waals surface area contributed by atoms with Crippen molar-refractivity contribution in [1.82, 2.24) is 10.6 Å². The van der Waals surface area contributed by atoms with E-state index in [9.17, 15) is 9.59 Å². The fourth-order valence-corrected chi connectivity index (χ4v) is 1.67. The van der Waals surface area contributed by atoms with Crippen LogP contribution in [0, 0.1) is 5.92 Å².